The van der Waals surface area contributed by atoms with Crippen molar-refractivity contribution in [3.05, 3.63) is 94.5 Å². The summed E-state index contributed by atoms with van der Waals surface area (Å²) in [6.45, 7) is 1.79. The second-order valence-corrected chi connectivity index (χ2v) is 6.80. The van der Waals surface area contributed by atoms with E-state index in [-0.39, 0.29) is 6.61 Å². The topological polar surface area (TPSA) is 77.0 Å². The Balaban J connectivity index is 1.51. The smallest absolute Gasteiger partial charge is 0.343 e. The fourth-order valence-corrected chi connectivity index (χ4v) is 2.60. The molecule has 0 aromatic heterocycles. The van der Waals surface area contributed by atoms with Gasteiger partial charge in [-0.25, -0.2) is 10.2 Å². The molecule has 0 spiro atoms. The fourth-order valence-electron chi connectivity index (χ4n) is 2.48. The van der Waals surface area contributed by atoms with Crippen molar-refractivity contribution in [2.75, 3.05) is 6.61 Å². The molecule has 1 amide bonds. The van der Waals surface area contributed by atoms with Crippen molar-refractivity contribution < 1.29 is 19.1 Å². The number of benzene rings is 3. The Morgan fingerprint density at radius 3 is 2.50 bits per heavy atom. The molecule has 0 unspecified atom stereocenters. The number of amides is 1. The van der Waals surface area contributed by atoms with Crippen LogP contribution < -0.4 is 14.9 Å². The van der Waals surface area contributed by atoms with E-state index in [0.29, 0.717) is 27.6 Å². The minimum Gasteiger partial charge on any atom is -0.484 e. The largest absolute Gasteiger partial charge is 0.484 e. The number of halogens is 1. The summed E-state index contributed by atoms with van der Waals surface area (Å²) < 4.78 is 10.8. The summed E-state index contributed by atoms with van der Waals surface area (Å²) in [4.78, 5) is 24.0. The van der Waals surface area contributed by atoms with Crippen LogP contribution in [0.1, 0.15) is 21.5 Å². The molecule has 3 aromatic carbocycles. The summed E-state index contributed by atoms with van der Waals surface area (Å²) in [6, 6.07) is 20.6. The first-order valence-corrected chi connectivity index (χ1v) is 9.46. The highest BCUT2D eigenvalue weighted by Gasteiger charge is 2.08. The van der Waals surface area contributed by atoms with E-state index in [1.165, 1.54) is 6.21 Å². The molecular weight excluding hydrogens is 404 g/mol. The van der Waals surface area contributed by atoms with E-state index in [1.54, 1.807) is 54.6 Å². The lowest BCUT2D eigenvalue weighted by Gasteiger charge is -2.06. The number of hydrogen-bond acceptors (Lipinski definition) is 5. The highest BCUT2D eigenvalue weighted by Crippen LogP contribution is 2.16. The van der Waals surface area contributed by atoms with Crippen molar-refractivity contribution >= 4 is 29.7 Å². The Kier molecular flexibility index (Phi) is 7.19. The summed E-state index contributed by atoms with van der Waals surface area (Å²) in [5, 5.41) is 4.44. The van der Waals surface area contributed by atoms with Gasteiger partial charge < -0.3 is 9.47 Å². The van der Waals surface area contributed by atoms with Crippen molar-refractivity contribution in [3.8, 4) is 11.5 Å². The summed E-state index contributed by atoms with van der Waals surface area (Å²) in [5.41, 5.74) is 4.47. The van der Waals surface area contributed by atoms with Gasteiger partial charge in [0.15, 0.2) is 6.61 Å². The van der Waals surface area contributed by atoms with E-state index < -0.39 is 11.9 Å². The zero-order chi connectivity index (χ0) is 21.3. The van der Waals surface area contributed by atoms with Crippen LogP contribution in [0.15, 0.2) is 77.9 Å². The van der Waals surface area contributed by atoms with E-state index >= 15 is 0 Å². The third kappa shape index (κ3) is 6.46. The molecule has 0 saturated heterocycles. The first-order valence-electron chi connectivity index (χ1n) is 9.09. The highest BCUT2D eigenvalue weighted by atomic mass is 35.5. The van der Waals surface area contributed by atoms with E-state index in [0.717, 1.165) is 5.56 Å². The number of nitrogens with one attached hydrogen (secondary N) is 1. The molecule has 1 N–H and O–H groups in total. The zero-order valence-corrected chi connectivity index (χ0v) is 16.9. The number of esters is 1. The Morgan fingerprint density at radius 1 is 1.00 bits per heavy atom. The Labute approximate surface area is 179 Å². The molecule has 6 nitrogen and oxygen atoms in total. The van der Waals surface area contributed by atoms with Crippen LogP contribution in [0.4, 0.5) is 0 Å². The van der Waals surface area contributed by atoms with Gasteiger partial charge in [-0.3, -0.25) is 4.79 Å². The van der Waals surface area contributed by atoms with Crippen LogP contribution in [-0.4, -0.2) is 24.7 Å². The van der Waals surface area contributed by atoms with Crippen LogP contribution in [0, 0.1) is 6.92 Å². The van der Waals surface area contributed by atoms with Gasteiger partial charge in [-0.05, 0) is 66.6 Å². The van der Waals surface area contributed by atoms with Crippen molar-refractivity contribution in [2.45, 2.75) is 6.92 Å². The number of carbonyl (C=O) groups excluding carboxylic acids is 2. The molecule has 0 heterocycles. The van der Waals surface area contributed by atoms with Crippen LogP contribution in [0.25, 0.3) is 0 Å². The molecule has 7 heteroatoms. The van der Waals surface area contributed by atoms with Crippen LogP contribution >= 0.6 is 11.6 Å². The monoisotopic (exact) mass is 422 g/mol. The predicted molar refractivity (Wildman–Crippen MR) is 115 cm³/mol. The lowest BCUT2D eigenvalue weighted by molar-refractivity contribution is -0.123. The fraction of sp³-hybridized carbons (Fsp3) is 0.0870. The molecule has 3 aromatic rings. The lowest BCUT2D eigenvalue weighted by atomic mass is 10.2. The molecule has 0 aliphatic carbocycles. The molecular formula is C23H19ClN2O4. The average molecular weight is 423 g/mol. The Bertz CT molecular complexity index is 1060. The number of hydrogen-bond donors (Lipinski definition) is 1. The summed E-state index contributed by atoms with van der Waals surface area (Å²) in [7, 11) is 0. The lowest BCUT2D eigenvalue weighted by Crippen LogP contribution is -2.24. The first-order chi connectivity index (χ1) is 14.5. The highest BCUT2D eigenvalue weighted by molar-refractivity contribution is 6.30. The molecule has 0 atom stereocenters. The average Bonchev–Trinajstić information content (AvgIpc) is 2.73. The van der Waals surface area contributed by atoms with Crippen LogP contribution in [0.2, 0.25) is 5.02 Å². The summed E-state index contributed by atoms with van der Waals surface area (Å²) >= 11 is 5.82. The number of rotatable bonds is 7. The van der Waals surface area contributed by atoms with Crippen molar-refractivity contribution in [3.63, 3.8) is 0 Å². The maximum atomic E-state index is 12.2. The third-order valence-electron chi connectivity index (χ3n) is 3.91. The molecule has 0 aliphatic rings. The molecule has 0 aliphatic heterocycles. The summed E-state index contributed by atoms with van der Waals surface area (Å²) in [6.07, 6.45) is 1.45. The number of ether oxygens (including phenoxy) is 2. The minimum absolute atomic E-state index is 0.153. The van der Waals surface area contributed by atoms with Gasteiger partial charge in [-0.2, -0.15) is 5.10 Å². The van der Waals surface area contributed by atoms with Gasteiger partial charge in [0.25, 0.3) is 5.91 Å². The normalized spacial score (nSPS) is 10.6. The van der Waals surface area contributed by atoms with E-state index in [1.807, 2.05) is 25.1 Å². The van der Waals surface area contributed by atoms with Gasteiger partial charge in [0.2, 0.25) is 0 Å². The standard InChI is InChI=1S/C23H19ClN2O4/c1-16-4-2-6-20(12-16)29-15-22(27)26-25-14-17-5-3-7-21(13-17)30-23(28)18-8-10-19(24)11-9-18/h2-14H,15H2,1H3,(H,26,27). The maximum absolute atomic E-state index is 12.2. The molecule has 0 fully saturated rings. The second-order valence-electron chi connectivity index (χ2n) is 6.37. The van der Waals surface area contributed by atoms with E-state index in [9.17, 15) is 9.59 Å². The maximum Gasteiger partial charge on any atom is 0.343 e. The second kappa shape index (κ2) is 10.2. The van der Waals surface area contributed by atoms with Crippen molar-refractivity contribution in [1.29, 1.82) is 0 Å². The first kappa shape index (κ1) is 21.1. The van der Waals surface area contributed by atoms with Gasteiger partial charge >= 0.3 is 5.97 Å². The van der Waals surface area contributed by atoms with Crippen LogP contribution in [0.3, 0.4) is 0 Å². The third-order valence-corrected chi connectivity index (χ3v) is 4.16. The SMILES string of the molecule is Cc1cccc(OCC(=O)NN=Cc2cccc(OC(=O)c3ccc(Cl)cc3)c2)c1. The van der Waals surface area contributed by atoms with Crippen molar-refractivity contribution in [1.82, 2.24) is 5.43 Å². The molecule has 0 radical (unpaired) electrons. The molecule has 0 bridgehead atoms. The molecule has 0 saturated carbocycles. The number of hydrazone groups is 1. The van der Waals surface area contributed by atoms with Gasteiger partial charge in [0.1, 0.15) is 11.5 Å². The number of carbonyl (C=O) groups is 2. The minimum atomic E-state index is -0.498. The van der Waals surface area contributed by atoms with E-state index in [4.69, 9.17) is 21.1 Å². The predicted octanol–water partition coefficient (Wildman–Crippen LogP) is 4.40. The molecule has 3 rings (SSSR count). The molecule has 152 valence electrons. The number of nitrogens with zero attached hydrogens (tertiary/aromatic N) is 1. The summed E-state index contributed by atoms with van der Waals surface area (Å²) in [5.74, 6) is 0.0813. The number of aryl methyl sites for hydroxylation is 1. The van der Waals surface area contributed by atoms with Gasteiger partial charge in [0.05, 0.1) is 11.8 Å². The van der Waals surface area contributed by atoms with Crippen LogP contribution in [-0.2, 0) is 4.79 Å². The van der Waals surface area contributed by atoms with Crippen molar-refractivity contribution in [2.24, 2.45) is 5.10 Å². The zero-order valence-electron chi connectivity index (χ0n) is 16.2. The van der Waals surface area contributed by atoms with Crippen LogP contribution in [0.5, 0.6) is 11.5 Å². The van der Waals surface area contributed by atoms with Gasteiger partial charge in [-0.1, -0.05) is 35.9 Å². The van der Waals surface area contributed by atoms with E-state index in [2.05, 4.69) is 10.5 Å². The Hall–Kier alpha value is -3.64. The Morgan fingerprint density at radius 2 is 1.73 bits per heavy atom. The van der Waals surface area contributed by atoms with Gasteiger partial charge in [0, 0.05) is 5.02 Å². The molecule has 30 heavy (non-hydrogen) atoms. The quantitative estimate of drug-likeness (QED) is 0.265. The van der Waals surface area contributed by atoms with Gasteiger partial charge in [-0.15, -0.1) is 0 Å².